The molecular weight excluding hydrogens is 405 g/mol. The Labute approximate surface area is 173 Å². The number of rotatable bonds is 7. The van der Waals surface area contributed by atoms with Gasteiger partial charge in [-0.25, -0.2) is 0 Å². The summed E-state index contributed by atoms with van der Waals surface area (Å²) in [6.45, 7) is 0.872. The van der Waals surface area contributed by atoms with E-state index in [1.807, 2.05) is 48.5 Å². The molecule has 0 aliphatic rings. The molecule has 0 unspecified atom stereocenters. The van der Waals surface area contributed by atoms with E-state index in [0.29, 0.717) is 33.1 Å². The summed E-state index contributed by atoms with van der Waals surface area (Å²) < 4.78 is 11.3. The molecule has 3 nitrogen and oxygen atoms in total. The van der Waals surface area contributed by atoms with Crippen molar-refractivity contribution >= 4 is 40.5 Å². The molecular formula is C21H18Cl3NO2. The molecule has 27 heavy (non-hydrogen) atoms. The predicted octanol–water partition coefficient (Wildman–Crippen LogP) is 6.85. The SMILES string of the molecule is COc1cc(CNc2ccccc2)cc(Cl)c1OCc1ccc(Cl)cc1Cl. The number of hydrogen-bond donors (Lipinski definition) is 1. The third-order valence-electron chi connectivity index (χ3n) is 3.95. The molecule has 3 aromatic rings. The summed E-state index contributed by atoms with van der Waals surface area (Å²) in [4.78, 5) is 0. The van der Waals surface area contributed by atoms with Crippen molar-refractivity contribution in [2.24, 2.45) is 0 Å². The van der Waals surface area contributed by atoms with Gasteiger partial charge in [-0.3, -0.25) is 0 Å². The van der Waals surface area contributed by atoms with Crippen molar-refractivity contribution in [3.8, 4) is 11.5 Å². The van der Waals surface area contributed by atoms with E-state index < -0.39 is 0 Å². The van der Waals surface area contributed by atoms with Gasteiger partial charge in [0.15, 0.2) is 11.5 Å². The maximum absolute atomic E-state index is 6.44. The molecule has 0 aliphatic carbocycles. The fourth-order valence-electron chi connectivity index (χ4n) is 2.56. The third-order valence-corrected chi connectivity index (χ3v) is 4.81. The predicted molar refractivity (Wildman–Crippen MR) is 113 cm³/mol. The highest BCUT2D eigenvalue weighted by atomic mass is 35.5. The van der Waals surface area contributed by atoms with Crippen molar-refractivity contribution in [3.05, 3.63) is 86.9 Å². The Kier molecular flexibility index (Phi) is 6.73. The van der Waals surface area contributed by atoms with Gasteiger partial charge in [-0.1, -0.05) is 59.1 Å². The topological polar surface area (TPSA) is 30.5 Å². The molecule has 6 heteroatoms. The fourth-order valence-corrected chi connectivity index (χ4v) is 3.32. The average Bonchev–Trinajstić information content (AvgIpc) is 2.67. The molecule has 0 bridgehead atoms. The summed E-state index contributed by atoms with van der Waals surface area (Å²) in [6, 6.07) is 19.0. The quantitative estimate of drug-likeness (QED) is 0.452. The van der Waals surface area contributed by atoms with Crippen LogP contribution in [0, 0.1) is 0 Å². The second-order valence-corrected chi connectivity index (χ2v) is 7.10. The number of nitrogens with one attached hydrogen (secondary N) is 1. The highest BCUT2D eigenvalue weighted by Gasteiger charge is 2.13. The zero-order chi connectivity index (χ0) is 19.2. The molecule has 0 saturated carbocycles. The first-order valence-electron chi connectivity index (χ1n) is 8.29. The van der Waals surface area contributed by atoms with Crippen molar-refractivity contribution in [1.29, 1.82) is 0 Å². The average molecular weight is 423 g/mol. The van der Waals surface area contributed by atoms with E-state index in [2.05, 4.69) is 5.32 Å². The van der Waals surface area contributed by atoms with E-state index in [4.69, 9.17) is 44.3 Å². The molecule has 0 fully saturated rings. The van der Waals surface area contributed by atoms with Gasteiger partial charge in [0.1, 0.15) is 6.61 Å². The van der Waals surface area contributed by atoms with Gasteiger partial charge in [0.05, 0.1) is 12.1 Å². The van der Waals surface area contributed by atoms with Crippen LogP contribution in [0.2, 0.25) is 15.1 Å². The van der Waals surface area contributed by atoms with E-state index in [1.54, 1.807) is 19.2 Å². The highest BCUT2D eigenvalue weighted by Crippen LogP contribution is 2.37. The number of para-hydroxylation sites is 1. The van der Waals surface area contributed by atoms with Crippen molar-refractivity contribution in [2.75, 3.05) is 12.4 Å². The zero-order valence-electron chi connectivity index (χ0n) is 14.6. The molecule has 0 radical (unpaired) electrons. The maximum Gasteiger partial charge on any atom is 0.180 e. The summed E-state index contributed by atoms with van der Waals surface area (Å²) in [5.41, 5.74) is 2.83. The molecule has 0 saturated heterocycles. The molecule has 0 amide bonds. The fraction of sp³-hybridized carbons (Fsp3) is 0.143. The Morgan fingerprint density at radius 2 is 1.67 bits per heavy atom. The second kappa shape index (κ2) is 9.23. The van der Waals surface area contributed by atoms with Crippen molar-refractivity contribution in [1.82, 2.24) is 0 Å². The van der Waals surface area contributed by atoms with Gasteiger partial charge < -0.3 is 14.8 Å². The van der Waals surface area contributed by atoms with Crippen LogP contribution in [-0.2, 0) is 13.2 Å². The van der Waals surface area contributed by atoms with Gasteiger partial charge in [0, 0.05) is 27.8 Å². The molecule has 1 N–H and O–H groups in total. The summed E-state index contributed by atoms with van der Waals surface area (Å²) >= 11 is 18.6. The summed E-state index contributed by atoms with van der Waals surface area (Å²) in [7, 11) is 1.59. The smallest absolute Gasteiger partial charge is 0.180 e. The van der Waals surface area contributed by atoms with Crippen LogP contribution in [0.3, 0.4) is 0 Å². The van der Waals surface area contributed by atoms with Crippen LogP contribution in [0.5, 0.6) is 11.5 Å². The van der Waals surface area contributed by atoms with Gasteiger partial charge in [-0.2, -0.15) is 0 Å². The van der Waals surface area contributed by atoms with Crippen molar-refractivity contribution in [3.63, 3.8) is 0 Å². The van der Waals surface area contributed by atoms with Crippen LogP contribution in [0.25, 0.3) is 0 Å². The molecule has 140 valence electrons. The van der Waals surface area contributed by atoms with E-state index in [0.717, 1.165) is 16.8 Å². The lowest BCUT2D eigenvalue weighted by atomic mass is 10.2. The van der Waals surface area contributed by atoms with Gasteiger partial charge in [-0.15, -0.1) is 0 Å². The Hall–Kier alpha value is -2.07. The standard InChI is InChI=1S/C21H18Cl3NO2/c1-26-20-10-14(12-25-17-5-3-2-4-6-17)9-19(24)21(20)27-13-15-7-8-16(22)11-18(15)23/h2-11,25H,12-13H2,1H3. The Morgan fingerprint density at radius 1 is 0.889 bits per heavy atom. The molecule has 0 spiro atoms. The van der Waals surface area contributed by atoms with Crippen LogP contribution < -0.4 is 14.8 Å². The molecule has 3 aromatic carbocycles. The van der Waals surface area contributed by atoms with Gasteiger partial charge in [-0.05, 0) is 42.0 Å². The Morgan fingerprint density at radius 3 is 2.37 bits per heavy atom. The number of halogens is 3. The Balaban J connectivity index is 1.73. The first kappa shape index (κ1) is 19.7. The van der Waals surface area contributed by atoms with E-state index in [9.17, 15) is 0 Å². The number of benzene rings is 3. The lowest BCUT2D eigenvalue weighted by molar-refractivity contribution is 0.284. The summed E-state index contributed by atoms with van der Waals surface area (Å²) in [5, 5.41) is 4.94. The molecule has 0 aliphatic heterocycles. The zero-order valence-corrected chi connectivity index (χ0v) is 16.9. The molecule has 0 heterocycles. The van der Waals surface area contributed by atoms with Gasteiger partial charge in [0.2, 0.25) is 0 Å². The lowest BCUT2D eigenvalue weighted by Crippen LogP contribution is -2.03. The Bertz CT molecular complexity index is 917. The molecule has 0 aromatic heterocycles. The minimum Gasteiger partial charge on any atom is -0.493 e. The summed E-state index contributed by atoms with van der Waals surface area (Å²) in [6.07, 6.45) is 0. The van der Waals surface area contributed by atoms with Crippen LogP contribution >= 0.6 is 34.8 Å². The molecule has 0 atom stereocenters. The minimum atomic E-state index is 0.258. The first-order valence-corrected chi connectivity index (χ1v) is 9.42. The van der Waals surface area contributed by atoms with Crippen LogP contribution in [0.1, 0.15) is 11.1 Å². The number of methoxy groups -OCH3 is 1. The van der Waals surface area contributed by atoms with Crippen LogP contribution in [0.4, 0.5) is 5.69 Å². The normalized spacial score (nSPS) is 10.5. The first-order chi connectivity index (χ1) is 13.1. The second-order valence-electron chi connectivity index (χ2n) is 5.85. The third kappa shape index (κ3) is 5.23. The maximum atomic E-state index is 6.44. The van der Waals surface area contributed by atoms with E-state index >= 15 is 0 Å². The van der Waals surface area contributed by atoms with Crippen molar-refractivity contribution in [2.45, 2.75) is 13.2 Å². The minimum absolute atomic E-state index is 0.258. The molecule has 3 rings (SSSR count). The van der Waals surface area contributed by atoms with E-state index in [1.165, 1.54) is 0 Å². The van der Waals surface area contributed by atoms with Crippen molar-refractivity contribution < 1.29 is 9.47 Å². The lowest BCUT2D eigenvalue weighted by Gasteiger charge is -2.15. The number of hydrogen-bond acceptors (Lipinski definition) is 3. The van der Waals surface area contributed by atoms with Gasteiger partial charge >= 0.3 is 0 Å². The van der Waals surface area contributed by atoms with Crippen LogP contribution in [-0.4, -0.2) is 7.11 Å². The number of anilines is 1. The van der Waals surface area contributed by atoms with E-state index in [-0.39, 0.29) is 6.61 Å². The number of ether oxygens (including phenoxy) is 2. The largest absolute Gasteiger partial charge is 0.493 e. The van der Waals surface area contributed by atoms with Crippen LogP contribution in [0.15, 0.2) is 60.7 Å². The highest BCUT2D eigenvalue weighted by molar-refractivity contribution is 6.35. The monoisotopic (exact) mass is 421 g/mol. The van der Waals surface area contributed by atoms with Gasteiger partial charge in [0.25, 0.3) is 0 Å². The summed E-state index contributed by atoms with van der Waals surface area (Å²) in [5.74, 6) is 1.05.